The lowest BCUT2D eigenvalue weighted by atomic mass is 9.91. The van der Waals surface area contributed by atoms with E-state index < -0.39 is 5.60 Å². The Labute approximate surface area is 147 Å². The van der Waals surface area contributed by atoms with Crippen LogP contribution in [0.1, 0.15) is 38.6 Å². The van der Waals surface area contributed by atoms with E-state index in [0.717, 1.165) is 5.82 Å². The van der Waals surface area contributed by atoms with Crippen molar-refractivity contribution >= 4 is 12.1 Å². The minimum Gasteiger partial charge on any atom is -0.441 e. The van der Waals surface area contributed by atoms with Gasteiger partial charge in [-0.25, -0.2) is 14.6 Å². The summed E-state index contributed by atoms with van der Waals surface area (Å²) in [4.78, 5) is 32.0. The predicted octanol–water partition coefficient (Wildman–Crippen LogP) is 1.14. The van der Waals surface area contributed by atoms with Crippen LogP contribution in [0.5, 0.6) is 0 Å². The van der Waals surface area contributed by atoms with E-state index in [0.29, 0.717) is 32.5 Å². The Kier molecular flexibility index (Phi) is 4.57. The molecule has 0 bridgehead atoms. The van der Waals surface area contributed by atoms with E-state index in [1.807, 2.05) is 20.9 Å². The van der Waals surface area contributed by atoms with Crippen molar-refractivity contribution in [1.29, 1.82) is 0 Å². The molecule has 2 saturated heterocycles. The van der Waals surface area contributed by atoms with Crippen LogP contribution in [-0.2, 0) is 11.8 Å². The second kappa shape index (κ2) is 6.53. The van der Waals surface area contributed by atoms with Crippen molar-refractivity contribution in [2.24, 2.45) is 13.0 Å². The Hall–Kier alpha value is -2.32. The molecule has 0 radical (unpaired) electrons. The number of urea groups is 1. The molecule has 2 fully saturated rings. The molecule has 0 saturated carbocycles. The van der Waals surface area contributed by atoms with Crippen molar-refractivity contribution < 1.29 is 14.3 Å². The molecule has 2 aliphatic rings. The zero-order valence-electron chi connectivity index (χ0n) is 15.2. The Bertz CT molecular complexity index is 650. The molecular weight excluding hydrogens is 324 g/mol. The van der Waals surface area contributed by atoms with E-state index in [2.05, 4.69) is 15.4 Å². The summed E-state index contributed by atoms with van der Waals surface area (Å²) in [6.07, 6.45) is 2.53. The first-order valence-electron chi connectivity index (χ1n) is 8.65. The van der Waals surface area contributed by atoms with Gasteiger partial charge in [-0.3, -0.25) is 4.68 Å². The van der Waals surface area contributed by atoms with Crippen molar-refractivity contribution in [2.45, 2.75) is 38.3 Å². The molecular formula is C16H26N6O3. The molecule has 1 atom stereocenters. The lowest BCUT2D eigenvalue weighted by molar-refractivity contribution is 0.00923. The second-order valence-corrected chi connectivity index (χ2v) is 7.31. The summed E-state index contributed by atoms with van der Waals surface area (Å²) in [7, 11) is 3.56. The van der Waals surface area contributed by atoms with E-state index in [4.69, 9.17) is 4.74 Å². The lowest BCUT2D eigenvalue weighted by Crippen LogP contribution is -2.52. The number of piperidine rings is 1. The van der Waals surface area contributed by atoms with Gasteiger partial charge in [0, 0.05) is 40.0 Å². The van der Waals surface area contributed by atoms with Crippen molar-refractivity contribution in [1.82, 2.24) is 29.9 Å². The van der Waals surface area contributed by atoms with Crippen molar-refractivity contribution in [3.63, 3.8) is 0 Å². The minimum absolute atomic E-state index is 0.116. The molecule has 1 aromatic rings. The van der Waals surface area contributed by atoms with Gasteiger partial charge in [-0.2, -0.15) is 5.10 Å². The van der Waals surface area contributed by atoms with E-state index in [9.17, 15) is 9.59 Å². The maximum atomic E-state index is 12.7. The fraction of sp³-hybridized carbons (Fsp3) is 0.750. The van der Waals surface area contributed by atoms with Crippen LogP contribution < -0.4 is 5.32 Å². The van der Waals surface area contributed by atoms with Gasteiger partial charge < -0.3 is 19.9 Å². The largest absolute Gasteiger partial charge is 0.441 e. The van der Waals surface area contributed by atoms with Gasteiger partial charge in [-0.15, -0.1) is 0 Å². The molecule has 3 amide bonds. The number of ether oxygens (including phenoxy) is 1. The number of rotatable bonds is 3. The maximum Gasteiger partial charge on any atom is 0.410 e. The van der Waals surface area contributed by atoms with E-state index in [1.54, 1.807) is 21.5 Å². The molecule has 9 nitrogen and oxygen atoms in total. The number of hydrogen-bond donors (Lipinski definition) is 1. The number of hydrogen-bond acceptors (Lipinski definition) is 5. The summed E-state index contributed by atoms with van der Waals surface area (Å²) < 4.78 is 7.22. The topological polar surface area (TPSA) is 92.6 Å². The fourth-order valence-corrected chi connectivity index (χ4v) is 3.51. The average Bonchev–Trinajstić information content (AvgIpc) is 3.09. The highest BCUT2D eigenvalue weighted by atomic mass is 16.6. The third-order valence-electron chi connectivity index (χ3n) is 5.07. The normalized spacial score (nSPS) is 20.9. The van der Waals surface area contributed by atoms with Gasteiger partial charge >= 0.3 is 12.1 Å². The standard InChI is InChI=1S/C16H26N6O3/c1-11(2)12(13-17-10-18-21(13)4)19-14(23)22-7-5-16(6-8-22)9-20(3)15(24)25-16/h10-12H,5-9H2,1-4H3,(H,19,23). The first-order chi connectivity index (χ1) is 11.8. The first-order valence-corrected chi connectivity index (χ1v) is 8.65. The summed E-state index contributed by atoms with van der Waals surface area (Å²) in [6, 6.07) is -0.319. The summed E-state index contributed by atoms with van der Waals surface area (Å²) in [5.41, 5.74) is -0.441. The molecule has 3 heterocycles. The summed E-state index contributed by atoms with van der Waals surface area (Å²) >= 11 is 0. The fourth-order valence-electron chi connectivity index (χ4n) is 3.51. The number of likely N-dealkylation sites (tertiary alicyclic amines) is 1. The number of nitrogens with zero attached hydrogens (tertiary/aromatic N) is 5. The van der Waals surface area contributed by atoms with Crippen LogP contribution in [0.25, 0.3) is 0 Å². The molecule has 1 unspecified atom stereocenters. The van der Waals surface area contributed by atoms with Gasteiger partial charge in [0.05, 0.1) is 12.6 Å². The summed E-state index contributed by atoms with van der Waals surface area (Å²) in [5.74, 6) is 0.926. The number of nitrogens with one attached hydrogen (secondary N) is 1. The number of amides is 3. The lowest BCUT2D eigenvalue weighted by Gasteiger charge is -2.38. The van der Waals surface area contributed by atoms with Crippen LogP contribution in [0, 0.1) is 5.92 Å². The zero-order valence-corrected chi connectivity index (χ0v) is 15.2. The minimum atomic E-state index is -0.441. The Balaban J connectivity index is 1.61. The highest BCUT2D eigenvalue weighted by molar-refractivity contribution is 5.75. The van der Waals surface area contributed by atoms with Crippen molar-refractivity contribution in [3.05, 3.63) is 12.2 Å². The molecule has 0 aromatic carbocycles. The highest BCUT2D eigenvalue weighted by Crippen LogP contribution is 2.32. The van der Waals surface area contributed by atoms with Crippen LogP contribution >= 0.6 is 0 Å². The Morgan fingerprint density at radius 1 is 1.32 bits per heavy atom. The number of aromatic nitrogens is 3. The van der Waals surface area contributed by atoms with Gasteiger partial charge in [0.2, 0.25) is 0 Å². The Morgan fingerprint density at radius 3 is 2.48 bits per heavy atom. The van der Waals surface area contributed by atoms with Crippen molar-refractivity contribution in [3.8, 4) is 0 Å². The van der Waals surface area contributed by atoms with Crippen LogP contribution in [-0.4, -0.2) is 69.0 Å². The molecule has 0 aliphatic carbocycles. The quantitative estimate of drug-likeness (QED) is 0.882. The SMILES string of the molecule is CC(C)C(NC(=O)N1CCC2(CC1)CN(C)C(=O)O2)c1ncnn1C. The molecule has 3 rings (SSSR count). The van der Waals surface area contributed by atoms with Crippen LogP contribution in [0.3, 0.4) is 0 Å². The van der Waals surface area contributed by atoms with Gasteiger partial charge in [0.15, 0.2) is 0 Å². The smallest absolute Gasteiger partial charge is 0.410 e. The monoisotopic (exact) mass is 350 g/mol. The van der Waals surface area contributed by atoms with Gasteiger partial charge in [-0.05, 0) is 5.92 Å². The highest BCUT2D eigenvalue weighted by Gasteiger charge is 2.46. The van der Waals surface area contributed by atoms with Gasteiger partial charge in [0.1, 0.15) is 17.8 Å². The summed E-state index contributed by atoms with van der Waals surface area (Å²) in [6.45, 7) is 5.80. The zero-order chi connectivity index (χ0) is 18.2. The molecule has 1 spiro atoms. The van der Waals surface area contributed by atoms with Crippen molar-refractivity contribution in [2.75, 3.05) is 26.7 Å². The summed E-state index contributed by atoms with van der Waals surface area (Å²) in [5, 5.41) is 7.16. The van der Waals surface area contributed by atoms with Crippen LogP contribution in [0.4, 0.5) is 9.59 Å². The number of aryl methyl sites for hydroxylation is 1. The second-order valence-electron chi connectivity index (χ2n) is 7.31. The third-order valence-corrected chi connectivity index (χ3v) is 5.07. The predicted molar refractivity (Wildman–Crippen MR) is 89.8 cm³/mol. The number of carbonyl (C=O) groups is 2. The average molecular weight is 350 g/mol. The maximum absolute atomic E-state index is 12.7. The molecule has 1 N–H and O–H groups in total. The van der Waals surface area contributed by atoms with Crippen LogP contribution in [0.15, 0.2) is 6.33 Å². The van der Waals surface area contributed by atoms with Gasteiger partial charge in [-0.1, -0.05) is 13.8 Å². The molecule has 138 valence electrons. The van der Waals surface area contributed by atoms with E-state index >= 15 is 0 Å². The van der Waals surface area contributed by atoms with E-state index in [1.165, 1.54) is 6.33 Å². The molecule has 9 heteroatoms. The number of likely N-dealkylation sites (N-methyl/N-ethyl adjacent to an activating group) is 1. The molecule has 1 aromatic heterocycles. The van der Waals surface area contributed by atoms with Gasteiger partial charge in [0.25, 0.3) is 0 Å². The number of carbonyl (C=O) groups excluding carboxylic acids is 2. The third kappa shape index (κ3) is 3.40. The Morgan fingerprint density at radius 2 is 2.00 bits per heavy atom. The van der Waals surface area contributed by atoms with Crippen LogP contribution in [0.2, 0.25) is 0 Å². The first kappa shape index (κ1) is 17.5. The van der Waals surface area contributed by atoms with E-state index in [-0.39, 0.29) is 24.1 Å². The molecule has 2 aliphatic heterocycles. The molecule has 25 heavy (non-hydrogen) atoms.